The van der Waals surface area contributed by atoms with Gasteiger partial charge < -0.3 is 10.6 Å². The third kappa shape index (κ3) is 2.64. The summed E-state index contributed by atoms with van der Waals surface area (Å²) in [4.78, 5) is 16.0. The Balaban J connectivity index is 2.21. The summed E-state index contributed by atoms with van der Waals surface area (Å²) in [6.07, 6.45) is 2.20. The number of nitrogens with zero attached hydrogens (tertiary/aromatic N) is 2. The summed E-state index contributed by atoms with van der Waals surface area (Å²) in [5.41, 5.74) is 7.65. The molecule has 1 saturated carbocycles. The number of nitrogens with two attached hydrogens (primary N) is 1. The van der Waals surface area contributed by atoms with E-state index in [9.17, 15) is 4.79 Å². The molecule has 1 fully saturated rings. The largest absolute Gasteiger partial charge is 0.328 e. The third-order valence-electron chi connectivity index (χ3n) is 3.37. The number of carbonyl (C=O) groups excluding carboxylic acids is 1. The maximum Gasteiger partial charge on any atom is 0.324 e. The highest BCUT2D eigenvalue weighted by Crippen LogP contribution is 2.32. The van der Waals surface area contributed by atoms with Gasteiger partial charge in [-0.3, -0.25) is 4.90 Å². The summed E-state index contributed by atoms with van der Waals surface area (Å²) in [5.74, 6) is 0. The monoisotopic (exact) mass is 247 g/mol. The molecule has 4 heteroatoms. The Kier molecular flexibility index (Phi) is 3.87. The van der Waals surface area contributed by atoms with E-state index in [1.165, 1.54) is 0 Å². The lowest BCUT2D eigenvalue weighted by Crippen LogP contribution is -2.42. The maximum atomic E-state index is 12.3. The molecule has 1 aromatic carbocycles. The molecule has 2 N–H and O–H groups in total. The minimum atomic E-state index is 0.0838. The van der Waals surface area contributed by atoms with Crippen molar-refractivity contribution in [2.45, 2.75) is 32.4 Å². The van der Waals surface area contributed by atoms with Gasteiger partial charge in [-0.05, 0) is 37.5 Å². The van der Waals surface area contributed by atoms with Crippen LogP contribution in [-0.4, -0.2) is 30.6 Å². The molecule has 1 aliphatic rings. The first-order valence-electron chi connectivity index (χ1n) is 6.50. The minimum absolute atomic E-state index is 0.0838. The van der Waals surface area contributed by atoms with Crippen LogP contribution in [0.15, 0.2) is 24.3 Å². The number of benzene rings is 1. The van der Waals surface area contributed by atoms with Crippen LogP contribution in [0.25, 0.3) is 0 Å². The SMILES string of the molecule is CCN(C)C(=O)N(c1ccc(CN)cc1)C1CC1. The second-order valence-electron chi connectivity index (χ2n) is 4.77. The molecule has 1 aliphatic carbocycles. The molecule has 0 spiro atoms. The van der Waals surface area contributed by atoms with E-state index in [4.69, 9.17) is 5.73 Å². The molecule has 0 atom stereocenters. The fourth-order valence-electron chi connectivity index (χ4n) is 1.92. The van der Waals surface area contributed by atoms with Crippen LogP contribution in [0, 0.1) is 0 Å². The van der Waals surface area contributed by atoms with Gasteiger partial charge in [-0.25, -0.2) is 4.79 Å². The molecule has 4 nitrogen and oxygen atoms in total. The van der Waals surface area contributed by atoms with Crippen molar-refractivity contribution < 1.29 is 4.79 Å². The van der Waals surface area contributed by atoms with Crippen molar-refractivity contribution in [2.24, 2.45) is 5.73 Å². The van der Waals surface area contributed by atoms with Crippen molar-refractivity contribution in [2.75, 3.05) is 18.5 Å². The van der Waals surface area contributed by atoms with Crippen molar-refractivity contribution in [3.05, 3.63) is 29.8 Å². The molecule has 0 heterocycles. The third-order valence-corrected chi connectivity index (χ3v) is 3.37. The summed E-state index contributed by atoms with van der Waals surface area (Å²) < 4.78 is 0. The standard InChI is InChI=1S/C14H21N3O/c1-3-16(2)14(18)17(13-8-9-13)12-6-4-11(10-15)5-7-12/h4-7,13H,3,8-10,15H2,1-2H3. The molecule has 98 valence electrons. The van der Waals surface area contributed by atoms with Crippen molar-refractivity contribution >= 4 is 11.7 Å². The van der Waals surface area contributed by atoms with E-state index in [0.717, 1.165) is 30.6 Å². The van der Waals surface area contributed by atoms with Crippen LogP contribution in [0.5, 0.6) is 0 Å². The average molecular weight is 247 g/mol. The Hall–Kier alpha value is -1.55. The lowest BCUT2D eigenvalue weighted by molar-refractivity contribution is 0.217. The molecule has 0 saturated heterocycles. The van der Waals surface area contributed by atoms with E-state index >= 15 is 0 Å². The molecule has 0 aromatic heterocycles. The van der Waals surface area contributed by atoms with Gasteiger partial charge in [0.1, 0.15) is 0 Å². The lowest BCUT2D eigenvalue weighted by Gasteiger charge is -2.27. The molecule has 0 bridgehead atoms. The van der Waals surface area contributed by atoms with Crippen molar-refractivity contribution in [1.82, 2.24) is 4.90 Å². The summed E-state index contributed by atoms with van der Waals surface area (Å²) in [5, 5.41) is 0. The highest BCUT2D eigenvalue weighted by molar-refractivity contribution is 5.93. The summed E-state index contributed by atoms with van der Waals surface area (Å²) in [6, 6.07) is 8.41. The van der Waals surface area contributed by atoms with E-state index in [0.29, 0.717) is 12.6 Å². The van der Waals surface area contributed by atoms with E-state index in [1.807, 2.05) is 43.1 Å². The lowest BCUT2D eigenvalue weighted by atomic mass is 10.2. The molecule has 2 amide bonds. The van der Waals surface area contributed by atoms with E-state index in [-0.39, 0.29) is 6.03 Å². The first-order chi connectivity index (χ1) is 8.67. The summed E-state index contributed by atoms with van der Waals surface area (Å²) >= 11 is 0. The van der Waals surface area contributed by atoms with Crippen LogP contribution in [0.2, 0.25) is 0 Å². The van der Waals surface area contributed by atoms with Gasteiger partial charge in [0.15, 0.2) is 0 Å². The second kappa shape index (κ2) is 5.40. The zero-order valence-electron chi connectivity index (χ0n) is 11.1. The van der Waals surface area contributed by atoms with Crippen LogP contribution >= 0.6 is 0 Å². The number of hydrogen-bond acceptors (Lipinski definition) is 2. The molecule has 0 radical (unpaired) electrons. The predicted octanol–water partition coefficient (Wildman–Crippen LogP) is 2.19. The molecule has 0 aliphatic heterocycles. The Morgan fingerprint density at radius 3 is 2.39 bits per heavy atom. The van der Waals surface area contributed by atoms with Crippen molar-refractivity contribution in [1.29, 1.82) is 0 Å². The van der Waals surface area contributed by atoms with Gasteiger partial charge in [-0.1, -0.05) is 12.1 Å². The predicted molar refractivity (Wildman–Crippen MR) is 73.5 cm³/mol. The first kappa shape index (κ1) is 12.9. The van der Waals surface area contributed by atoms with Crippen LogP contribution < -0.4 is 10.6 Å². The highest BCUT2D eigenvalue weighted by Gasteiger charge is 2.34. The Bertz CT molecular complexity index is 412. The first-order valence-corrected chi connectivity index (χ1v) is 6.50. The number of anilines is 1. The highest BCUT2D eigenvalue weighted by atomic mass is 16.2. The van der Waals surface area contributed by atoms with Gasteiger partial charge in [-0.15, -0.1) is 0 Å². The molecule has 1 aromatic rings. The smallest absolute Gasteiger partial charge is 0.324 e. The van der Waals surface area contributed by atoms with Crippen LogP contribution in [0.1, 0.15) is 25.3 Å². The van der Waals surface area contributed by atoms with Gasteiger partial charge in [0.25, 0.3) is 0 Å². The molecule has 2 rings (SSSR count). The summed E-state index contributed by atoms with van der Waals surface area (Å²) in [7, 11) is 1.84. The van der Waals surface area contributed by atoms with Crippen molar-refractivity contribution in [3.63, 3.8) is 0 Å². The number of urea groups is 1. The number of amides is 2. The Morgan fingerprint density at radius 1 is 1.33 bits per heavy atom. The molecular formula is C14H21N3O. The van der Waals surface area contributed by atoms with Gasteiger partial charge in [0.05, 0.1) is 0 Å². The maximum absolute atomic E-state index is 12.3. The van der Waals surface area contributed by atoms with E-state index < -0.39 is 0 Å². The van der Waals surface area contributed by atoms with Gasteiger partial charge >= 0.3 is 6.03 Å². The van der Waals surface area contributed by atoms with Crippen molar-refractivity contribution in [3.8, 4) is 0 Å². The number of carbonyl (C=O) groups is 1. The van der Waals surface area contributed by atoms with Gasteiger partial charge in [0.2, 0.25) is 0 Å². The second-order valence-corrected chi connectivity index (χ2v) is 4.77. The Morgan fingerprint density at radius 2 is 1.94 bits per heavy atom. The Labute approximate surface area is 108 Å². The van der Waals surface area contributed by atoms with Gasteiger partial charge in [-0.2, -0.15) is 0 Å². The minimum Gasteiger partial charge on any atom is -0.328 e. The van der Waals surface area contributed by atoms with Crippen LogP contribution in [0.3, 0.4) is 0 Å². The molecular weight excluding hydrogens is 226 g/mol. The van der Waals surface area contributed by atoms with Crippen LogP contribution in [0.4, 0.5) is 10.5 Å². The van der Waals surface area contributed by atoms with E-state index in [2.05, 4.69) is 0 Å². The van der Waals surface area contributed by atoms with Crippen LogP contribution in [-0.2, 0) is 6.54 Å². The average Bonchev–Trinajstić information content (AvgIpc) is 3.23. The number of rotatable bonds is 4. The zero-order chi connectivity index (χ0) is 13.1. The molecule has 0 unspecified atom stereocenters. The van der Waals surface area contributed by atoms with Gasteiger partial charge in [0, 0.05) is 31.9 Å². The van der Waals surface area contributed by atoms with E-state index in [1.54, 1.807) is 4.90 Å². The summed E-state index contributed by atoms with van der Waals surface area (Å²) in [6.45, 7) is 3.25. The quantitative estimate of drug-likeness (QED) is 0.886. The fraction of sp³-hybridized carbons (Fsp3) is 0.500. The topological polar surface area (TPSA) is 49.6 Å². The fourth-order valence-corrected chi connectivity index (χ4v) is 1.92. The zero-order valence-corrected chi connectivity index (χ0v) is 11.1. The normalized spacial score (nSPS) is 14.4. The number of hydrogen-bond donors (Lipinski definition) is 1. The molecule has 18 heavy (non-hydrogen) atoms.